The van der Waals surface area contributed by atoms with Gasteiger partial charge in [-0.2, -0.15) is 0 Å². The molecule has 1 aromatic heterocycles. The van der Waals surface area contributed by atoms with Crippen LogP contribution in [0.3, 0.4) is 0 Å². The third-order valence-corrected chi connectivity index (χ3v) is 3.71. The quantitative estimate of drug-likeness (QED) is 0.789. The summed E-state index contributed by atoms with van der Waals surface area (Å²) in [5.41, 5.74) is 0.442. The van der Waals surface area contributed by atoms with Crippen LogP contribution in [-0.2, 0) is 4.79 Å². The molecule has 0 fully saturated rings. The second kappa shape index (κ2) is 8.07. The van der Waals surface area contributed by atoms with Crippen LogP contribution in [0.4, 0.5) is 4.39 Å². The summed E-state index contributed by atoms with van der Waals surface area (Å²) in [5, 5.41) is 15.9. The van der Waals surface area contributed by atoms with Crippen LogP contribution in [0, 0.1) is 11.7 Å². The van der Waals surface area contributed by atoms with Crippen LogP contribution in [0.1, 0.15) is 56.5 Å². The topological polar surface area (TPSA) is 97.1 Å². The van der Waals surface area contributed by atoms with Crippen molar-refractivity contribution in [3.8, 4) is 5.69 Å². The van der Waals surface area contributed by atoms with E-state index < -0.39 is 23.7 Å². The molecule has 1 amide bonds. The van der Waals surface area contributed by atoms with Crippen molar-refractivity contribution >= 4 is 11.9 Å². The second-order valence-electron chi connectivity index (χ2n) is 6.83. The van der Waals surface area contributed by atoms with E-state index in [1.54, 1.807) is 12.1 Å². The van der Waals surface area contributed by atoms with Gasteiger partial charge in [-0.1, -0.05) is 33.8 Å². The predicted molar refractivity (Wildman–Crippen MR) is 93.8 cm³/mol. The Morgan fingerprint density at radius 2 is 1.96 bits per heavy atom. The lowest BCUT2D eigenvalue weighted by atomic mass is 10.0. The van der Waals surface area contributed by atoms with Gasteiger partial charge < -0.3 is 10.4 Å². The Bertz CT molecular complexity index is 801. The molecule has 0 spiro atoms. The minimum absolute atomic E-state index is 0.0711. The summed E-state index contributed by atoms with van der Waals surface area (Å²) in [6.07, 6.45) is 0.294. The largest absolute Gasteiger partial charge is 0.480 e. The first-order valence-corrected chi connectivity index (χ1v) is 8.45. The van der Waals surface area contributed by atoms with E-state index in [9.17, 15) is 19.1 Å². The van der Waals surface area contributed by atoms with E-state index in [0.29, 0.717) is 17.9 Å². The maximum absolute atomic E-state index is 13.5. The minimum Gasteiger partial charge on any atom is -0.480 e. The van der Waals surface area contributed by atoms with E-state index in [1.165, 1.54) is 16.8 Å². The summed E-state index contributed by atoms with van der Waals surface area (Å²) in [4.78, 5) is 28.0. The average Bonchev–Trinajstić information content (AvgIpc) is 2.99. The summed E-state index contributed by atoms with van der Waals surface area (Å²) in [5.74, 6) is -1.85. The van der Waals surface area contributed by atoms with Gasteiger partial charge in [0.05, 0.1) is 5.69 Å². The maximum Gasteiger partial charge on any atom is 0.326 e. The van der Waals surface area contributed by atoms with Gasteiger partial charge in [0, 0.05) is 5.92 Å². The number of rotatable bonds is 7. The lowest BCUT2D eigenvalue weighted by Crippen LogP contribution is -2.42. The number of halogens is 1. The van der Waals surface area contributed by atoms with Crippen molar-refractivity contribution < 1.29 is 19.1 Å². The molecule has 0 saturated heterocycles. The molecule has 0 aliphatic heterocycles. The van der Waals surface area contributed by atoms with Crippen LogP contribution in [0.5, 0.6) is 0 Å². The van der Waals surface area contributed by atoms with Gasteiger partial charge in [0.15, 0.2) is 0 Å². The second-order valence-corrected chi connectivity index (χ2v) is 6.83. The standard InChI is InChI=1S/C18H23FN4O3/c1-10(2)8-14(18(25)26)20-17(24)15-21-16(11(3)4)23(22-15)13-7-5-6-12(19)9-13/h5-7,9-11,14H,8H2,1-4H3,(H,20,24)(H,25,26)/t14-/m1/s1. The van der Waals surface area contributed by atoms with E-state index >= 15 is 0 Å². The highest BCUT2D eigenvalue weighted by Gasteiger charge is 2.25. The van der Waals surface area contributed by atoms with Crippen molar-refractivity contribution in [2.45, 2.75) is 46.1 Å². The van der Waals surface area contributed by atoms with Crippen molar-refractivity contribution in [1.29, 1.82) is 0 Å². The van der Waals surface area contributed by atoms with Crippen LogP contribution in [-0.4, -0.2) is 37.8 Å². The number of amides is 1. The number of carboxylic acids is 1. The zero-order chi connectivity index (χ0) is 19.4. The third-order valence-electron chi connectivity index (χ3n) is 3.71. The molecular weight excluding hydrogens is 339 g/mol. The SMILES string of the molecule is CC(C)C[C@@H](NC(=O)c1nc(C(C)C)n(-c2cccc(F)c2)n1)C(=O)O. The Morgan fingerprint density at radius 3 is 2.50 bits per heavy atom. The highest BCUT2D eigenvalue weighted by atomic mass is 19.1. The zero-order valence-electron chi connectivity index (χ0n) is 15.2. The molecule has 8 heteroatoms. The van der Waals surface area contributed by atoms with E-state index in [1.807, 2.05) is 27.7 Å². The van der Waals surface area contributed by atoms with Gasteiger partial charge in [-0.15, -0.1) is 5.10 Å². The normalized spacial score (nSPS) is 12.4. The number of hydrogen-bond donors (Lipinski definition) is 2. The number of nitrogens with zero attached hydrogens (tertiary/aromatic N) is 3. The van der Waals surface area contributed by atoms with Crippen LogP contribution in [0.15, 0.2) is 24.3 Å². The number of carbonyl (C=O) groups excluding carboxylic acids is 1. The summed E-state index contributed by atoms with van der Waals surface area (Å²) in [6, 6.07) is 4.78. The highest BCUT2D eigenvalue weighted by Crippen LogP contribution is 2.18. The smallest absolute Gasteiger partial charge is 0.326 e. The number of nitrogens with one attached hydrogen (secondary N) is 1. The first kappa shape index (κ1) is 19.6. The van der Waals surface area contributed by atoms with Gasteiger partial charge in [-0.3, -0.25) is 4.79 Å². The first-order valence-electron chi connectivity index (χ1n) is 8.45. The summed E-state index contributed by atoms with van der Waals surface area (Å²) >= 11 is 0. The molecule has 1 aromatic carbocycles. The average molecular weight is 362 g/mol. The molecule has 0 radical (unpaired) electrons. The van der Waals surface area contributed by atoms with Crippen molar-refractivity contribution in [3.05, 3.63) is 41.7 Å². The Morgan fingerprint density at radius 1 is 1.27 bits per heavy atom. The number of hydrogen-bond acceptors (Lipinski definition) is 4. The molecule has 140 valence electrons. The van der Waals surface area contributed by atoms with E-state index in [2.05, 4.69) is 15.4 Å². The van der Waals surface area contributed by atoms with Crippen molar-refractivity contribution in [1.82, 2.24) is 20.1 Å². The fourth-order valence-electron chi connectivity index (χ4n) is 2.51. The Kier molecular flexibility index (Phi) is 6.07. The molecule has 2 aromatic rings. The van der Waals surface area contributed by atoms with Gasteiger partial charge in [0.1, 0.15) is 17.7 Å². The molecular formula is C18H23FN4O3. The van der Waals surface area contributed by atoms with Crippen molar-refractivity contribution in [2.24, 2.45) is 5.92 Å². The monoisotopic (exact) mass is 362 g/mol. The van der Waals surface area contributed by atoms with Gasteiger partial charge in [0.2, 0.25) is 5.82 Å². The third kappa shape index (κ3) is 4.65. The summed E-state index contributed by atoms with van der Waals surface area (Å²) in [6.45, 7) is 7.49. The minimum atomic E-state index is -1.11. The Balaban J connectivity index is 2.34. The molecule has 1 heterocycles. The van der Waals surface area contributed by atoms with Crippen LogP contribution < -0.4 is 5.32 Å². The highest BCUT2D eigenvalue weighted by molar-refractivity contribution is 5.93. The number of benzene rings is 1. The van der Waals surface area contributed by atoms with Crippen LogP contribution in [0.25, 0.3) is 5.69 Å². The molecule has 2 N–H and O–H groups in total. The van der Waals surface area contributed by atoms with E-state index in [4.69, 9.17) is 0 Å². The molecule has 0 aliphatic carbocycles. The van der Waals surface area contributed by atoms with Gasteiger partial charge >= 0.3 is 5.97 Å². The number of aliphatic carboxylic acids is 1. The maximum atomic E-state index is 13.5. The predicted octanol–water partition coefficient (Wildman–Crippen LogP) is 2.76. The number of aromatic nitrogens is 3. The van der Waals surface area contributed by atoms with Crippen LogP contribution in [0.2, 0.25) is 0 Å². The van der Waals surface area contributed by atoms with Gasteiger partial charge in [-0.25, -0.2) is 18.9 Å². The molecule has 1 atom stereocenters. The number of carboxylic acid groups (broad SMARTS) is 1. The van der Waals surface area contributed by atoms with E-state index in [0.717, 1.165) is 0 Å². The summed E-state index contributed by atoms with van der Waals surface area (Å²) < 4.78 is 14.9. The Hall–Kier alpha value is -2.77. The lowest BCUT2D eigenvalue weighted by molar-refractivity contribution is -0.139. The molecule has 0 aliphatic rings. The molecule has 0 saturated carbocycles. The summed E-state index contributed by atoms with van der Waals surface area (Å²) in [7, 11) is 0. The lowest BCUT2D eigenvalue weighted by Gasteiger charge is -2.15. The fourth-order valence-corrected chi connectivity index (χ4v) is 2.51. The van der Waals surface area contributed by atoms with Crippen LogP contribution >= 0.6 is 0 Å². The van der Waals surface area contributed by atoms with Crippen molar-refractivity contribution in [3.63, 3.8) is 0 Å². The zero-order valence-corrected chi connectivity index (χ0v) is 15.2. The van der Waals surface area contributed by atoms with Gasteiger partial charge in [0.25, 0.3) is 5.91 Å². The first-order chi connectivity index (χ1) is 12.2. The van der Waals surface area contributed by atoms with Gasteiger partial charge in [-0.05, 0) is 30.5 Å². The fraction of sp³-hybridized carbons (Fsp3) is 0.444. The molecule has 2 rings (SSSR count). The molecule has 0 unspecified atom stereocenters. The van der Waals surface area contributed by atoms with E-state index in [-0.39, 0.29) is 17.7 Å². The number of carbonyl (C=O) groups is 2. The Labute approximate surface area is 151 Å². The van der Waals surface area contributed by atoms with Crippen molar-refractivity contribution in [2.75, 3.05) is 0 Å². The molecule has 26 heavy (non-hydrogen) atoms. The molecule has 7 nitrogen and oxygen atoms in total. The molecule has 0 bridgehead atoms.